The molecule has 1 heterocycles. The van der Waals surface area contributed by atoms with Crippen molar-refractivity contribution < 1.29 is 0 Å². The Morgan fingerprint density at radius 1 is 1.33 bits per heavy atom. The molecule has 78 valence electrons. The van der Waals surface area contributed by atoms with Gasteiger partial charge in [0.25, 0.3) is 0 Å². The summed E-state index contributed by atoms with van der Waals surface area (Å²) in [6.45, 7) is 0. The topological polar surface area (TPSA) is 41.8 Å². The SMILES string of the molecule is N[C@@H](CC1CC1)c1ccc2[nH]ccc2c1. The number of aromatic amines is 1. The minimum absolute atomic E-state index is 0.219. The van der Waals surface area contributed by atoms with Crippen LogP contribution in [0.3, 0.4) is 0 Å². The van der Waals surface area contributed by atoms with E-state index in [1.807, 2.05) is 6.20 Å². The van der Waals surface area contributed by atoms with Crippen molar-refractivity contribution in [2.75, 3.05) is 0 Å². The summed E-state index contributed by atoms with van der Waals surface area (Å²) in [6, 6.07) is 8.79. The molecule has 0 unspecified atom stereocenters. The number of fused-ring (bicyclic) bond motifs is 1. The fraction of sp³-hybridized carbons (Fsp3) is 0.385. The van der Waals surface area contributed by atoms with E-state index in [1.54, 1.807) is 0 Å². The lowest BCUT2D eigenvalue weighted by Crippen LogP contribution is -2.10. The Balaban J connectivity index is 1.88. The first-order valence-electron chi connectivity index (χ1n) is 5.65. The van der Waals surface area contributed by atoms with Gasteiger partial charge in [-0.2, -0.15) is 0 Å². The van der Waals surface area contributed by atoms with Crippen LogP contribution < -0.4 is 5.73 Å². The molecule has 0 aliphatic heterocycles. The third-order valence-electron chi connectivity index (χ3n) is 3.29. The lowest BCUT2D eigenvalue weighted by atomic mass is 10.0. The van der Waals surface area contributed by atoms with Crippen LogP contribution in [-0.4, -0.2) is 4.98 Å². The zero-order valence-electron chi connectivity index (χ0n) is 8.74. The van der Waals surface area contributed by atoms with Crippen molar-refractivity contribution in [3.63, 3.8) is 0 Å². The van der Waals surface area contributed by atoms with Crippen molar-refractivity contribution in [2.45, 2.75) is 25.3 Å². The standard InChI is InChI=1S/C13H16N2/c14-12(7-9-1-2-9)10-3-4-13-11(8-10)5-6-15-13/h3-6,8-9,12,15H,1-2,7,14H2/t12-/m0/s1. The van der Waals surface area contributed by atoms with Crippen molar-refractivity contribution in [2.24, 2.45) is 11.7 Å². The summed E-state index contributed by atoms with van der Waals surface area (Å²) in [6.07, 6.45) is 5.87. The largest absolute Gasteiger partial charge is 0.361 e. The summed E-state index contributed by atoms with van der Waals surface area (Å²) in [5.41, 5.74) is 8.65. The van der Waals surface area contributed by atoms with Gasteiger partial charge in [-0.1, -0.05) is 18.9 Å². The summed E-state index contributed by atoms with van der Waals surface area (Å²) in [5, 5.41) is 1.26. The van der Waals surface area contributed by atoms with Gasteiger partial charge in [0.05, 0.1) is 0 Å². The molecule has 2 aromatic rings. The quantitative estimate of drug-likeness (QED) is 0.785. The van der Waals surface area contributed by atoms with E-state index in [4.69, 9.17) is 5.73 Å². The molecule has 1 aliphatic carbocycles. The van der Waals surface area contributed by atoms with Crippen LogP contribution in [0.1, 0.15) is 30.9 Å². The van der Waals surface area contributed by atoms with E-state index in [-0.39, 0.29) is 6.04 Å². The van der Waals surface area contributed by atoms with Gasteiger partial charge in [-0.25, -0.2) is 0 Å². The number of H-pyrrole nitrogens is 1. The lowest BCUT2D eigenvalue weighted by molar-refractivity contribution is 0.597. The summed E-state index contributed by atoms with van der Waals surface area (Å²) in [5.74, 6) is 0.891. The normalized spacial score (nSPS) is 18.2. The van der Waals surface area contributed by atoms with E-state index < -0.39 is 0 Å². The molecule has 1 atom stereocenters. The molecule has 1 fully saturated rings. The fourth-order valence-corrected chi connectivity index (χ4v) is 2.15. The number of hydrogen-bond acceptors (Lipinski definition) is 1. The summed E-state index contributed by atoms with van der Waals surface area (Å²) >= 11 is 0. The fourth-order valence-electron chi connectivity index (χ4n) is 2.15. The monoisotopic (exact) mass is 200 g/mol. The van der Waals surface area contributed by atoms with Crippen LogP contribution in [0.2, 0.25) is 0 Å². The second kappa shape index (κ2) is 3.38. The maximum Gasteiger partial charge on any atom is 0.0454 e. The molecule has 1 saturated carbocycles. The minimum atomic E-state index is 0.219. The number of rotatable bonds is 3. The first-order chi connectivity index (χ1) is 7.33. The van der Waals surface area contributed by atoms with Gasteiger partial charge >= 0.3 is 0 Å². The van der Waals surface area contributed by atoms with Gasteiger partial charge in [-0.3, -0.25) is 0 Å². The molecule has 1 aromatic heterocycles. The van der Waals surface area contributed by atoms with Gasteiger partial charge in [0, 0.05) is 17.8 Å². The third-order valence-corrected chi connectivity index (χ3v) is 3.29. The van der Waals surface area contributed by atoms with E-state index in [2.05, 4.69) is 29.2 Å². The van der Waals surface area contributed by atoms with Crippen LogP contribution in [0, 0.1) is 5.92 Å². The number of nitrogens with two attached hydrogens (primary N) is 1. The van der Waals surface area contributed by atoms with Crippen LogP contribution in [0.4, 0.5) is 0 Å². The molecular formula is C13H16N2. The van der Waals surface area contributed by atoms with Crippen molar-refractivity contribution in [1.82, 2.24) is 4.98 Å². The van der Waals surface area contributed by atoms with E-state index >= 15 is 0 Å². The van der Waals surface area contributed by atoms with E-state index in [1.165, 1.54) is 29.3 Å². The molecule has 0 spiro atoms. The maximum absolute atomic E-state index is 6.19. The predicted octanol–water partition coefficient (Wildman–Crippen LogP) is 2.97. The molecule has 0 radical (unpaired) electrons. The van der Waals surface area contributed by atoms with E-state index in [0.717, 1.165) is 12.3 Å². The third kappa shape index (κ3) is 1.77. The molecule has 2 nitrogen and oxygen atoms in total. The highest BCUT2D eigenvalue weighted by Gasteiger charge is 2.24. The number of benzene rings is 1. The molecule has 0 amide bonds. The Hall–Kier alpha value is -1.28. The highest BCUT2D eigenvalue weighted by atomic mass is 14.7. The molecule has 1 aromatic carbocycles. The van der Waals surface area contributed by atoms with Crippen LogP contribution >= 0.6 is 0 Å². The Morgan fingerprint density at radius 2 is 2.20 bits per heavy atom. The number of aromatic nitrogens is 1. The van der Waals surface area contributed by atoms with Crippen molar-refractivity contribution in [3.8, 4) is 0 Å². The average molecular weight is 200 g/mol. The summed E-state index contributed by atoms with van der Waals surface area (Å²) in [7, 11) is 0. The van der Waals surface area contributed by atoms with E-state index in [0.29, 0.717) is 0 Å². The van der Waals surface area contributed by atoms with Gasteiger partial charge in [0.1, 0.15) is 0 Å². The predicted molar refractivity (Wildman–Crippen MR) is 62.6 cm³/mol. The zero-order valence-corrected chi connectivity index (χ0v) is 8.74. The summed E-state index contributed by atoms with van der Waals surface area (Å²) in [4.78, 5) is 3.20. The van der Waals surface area contributed by atoms with Gasteiger partial charge < -0.3 is 10.7 Å². The molecular weight excluding hydrogens is 184 g/mol. The van der Waals surface area contributed by atoms with Crippen molar-refractivity contribution >= 4 is 10.9 Å². The molecule has 0 saturated heterocycles. The second-order valence-corrected chi connectivity index (χ2v) is 4.61. The van der Waals surface area contributed by atoms with Gasteiger partial charge in [-0.15, -0.1) is 0 Å². The summed E-state index contributed by atoms with van der Waals surface area (Å²) < 4.78 is 0. The highest BCUT2D eigenvalue weighted by molar-refractivity contribution is 5.80. The van der Waals surface area contributed by atoms with Crippen molar-refractivity contribution in [3.05, 3.63) is 36.0 Å². The number of nitrogens with one attached hydrogen (secondary N) is 1. The zero-order chi connectivity index (χ0) is 10.3. The smallest absolute Gasteiger partial charge is 0.0454 e. The Kier molecular flexibility index (Phi) is 2.03. The highest BCUT2D eigenvalue weighted by Crippen LogP contribution is 2.37. The molecule has 0 bridgehead atoms. The first kappa shape index (κ1) is 8.98. The lowest BCUT2D eigenvalue weighted by Gasteiger charge is -2.11. The van der Waals surface area contributed by atoms with E-state index in [9.17, 15) is 0 Å². The van der Waals surface area contributed by atoms with Crippen LogP contribution in [-0.2, 0) is 0 Å². The van der Waals surface area contributed by atoms with Gasteiger partial charge in [-0.05, 0) is 41.5 Å². The molecule has 3 rings (SSSR count). The van der Waals surface area contributed by atoms with Crippen LogP contribution in [0.5, 0.6) is 0 Å². The molecule has 2 heteroatoms. The molecule has 3 N–H and O–H groups in total. The van der Waals surface area contributed by atoms with Crippen LogP contribution in [0.25, 0.3) is 10.9 Å². The first-order valence-corrected chi connectivity index (χ1v) is 5.65. The average Bonchev–Trinajstić information content (AvgIpc) is 2.94. The second-order valence-electron chi connectivity index (χ2n) is 4.61. The minimum Gasteiger partial charge on any atom is -0.361 e. The van der Waals surface area contributed by atoms with Crippen LogP contribution in [0.15, 0.2) is 30.5 Å². The Morgan fingerprint density at radius 3 is 3.00 bits per heavy atom. The number of hydrogen-bond donors (Lipinski definition) is 2. The Labute approximate surface area is 89.5 Å². The maximum atomic E-state index is 6.19. The van der Waals surface area contributed by atoms with Crippen molar-refractivity contribution in [1.29, 1.82) is 0 Å². The Bertz CT molecular complexity index is 468. The van der Waals surface area contributed by atoms with Gasteiger partial charge in [0.15, 0.2) is 0 Å². The molecule has 1 aliphatic rings. The van der Waals surface area contributed by atoms with Gasteiger partial charge in [0.2, 0.25) is 0 Å². The molecule has 15 heavy (non-hydrogen) atoms.